The molecule has 0 heterocycles. The quantitative estimate of drug-likeness (QED) is 0.366. The highest BCUT2D eigenvalue weighted by atomic mass is 32.3. The molecule has 0 fully saturated rings. The summed E-state index contributed by atoms with van der Waals surface area (Å²) in [6.07, 6.45) is -0.991. The third kappa shape index (κ3) is 6.51. The number of hydrogen-bond donors (Lipinski definition) is 1. The van der Waals surface area contributed by atoms with Crippen LogP contribution in [-0.4, -0.2) is 32.3 Å². The molecule has 1 N–H and O–H groups in total. The van der Waals surface area contributed by atoms with Crippen molar-refractivity contribution in [2.45, 2.75) is 0 Å². The molecule has 0 amide bonds. The summed E-state index contributed by atoms with van der Waals surface area (Å²) in [6.45, 7) is -0.839. The Kier molecular flexibility index (Phi) is 4.88. The zero-order valence-electron chi connectivity index (χ0n) is 8.61. The van der Waals surface area contributed by atoms with E-state index in [1.807, 2.05) is 0 Å². The number of hydrogen-bond acceptors (Lipinski definition) is 6. The fourth-order valence-corrected chi connectivity index (χ4v) is 1.16. The molecule has 1 rings (SSSR count). The lowest BCUT2D eigenvalue weighted by Gasteiger charge is -2.04. The molecule has 0 unspecified atom stereocenters. The van der Waals surface area contributed by atoms with Crippen LogP contribution in [0.25, 0.3) is 0 Å². The van der Waals surface area contributed by atoms with Gasteiger partial charge >= 0.3 is 16.6 Å². The molecule has 7 nitrogen and oxygen atoms in total. The number of para-hydroxylation sites is 1. The summed E-state index contributed by atoms with van der Waals surface area (Å²) in [5, 5.41) is 0. The minimum atomic E-state index is -4.51. The third-order valence-electron chi connectivity index (χ3n) is 1.48. The van der Waals surface area contributed by atoms with E-state index in [-0.39, 0.29) is 6.61 Å². The third-order valence-corrected chi connectivity index (χ3v) is 1.94. The van der Waals surface area contributed by atoms with Gasteiger partial charge in [0.25, 0.3) is 0 Å². The van der Waals surface area contributed by atoms with Crippen LogP contribution < -0.4 is 4.74 Å². The van der Waals surface area contributed by atoms with Gasteiger partial charge in [-0.3, -0.25) is 4.55 Å². The first-order valence-electron chi connectivity index (χ1n) is 4.49. The van der Waals surface area contributed by atoms with Gasteiger partial charge in [0.05, 0.1) is 0 Å². The van der Waals surface area contributed by atoms with E-state index in [9.17, 15) is 13.2 Å². The summed E-state index contributed by atoms with van der Waals surface area (Å²) >= 11 is 0. The molecule has 94 valence electrons. The monoisotopic (exact) mass is 262 g/mol. The van der Waals surface area contributed by atoms with Gasteiger partial charge in [-0.2, -0.15) is 8.42 Å². The molecule has 17 heavy (non-hydrogen) atoms. The minimum absolute atomic E-state index is 0.299. The molecule has 0 aromatic heterocycles. The van der Waals surface area contributed by atoms with Gasteiger partial charge in [0.2, 0.25) is 0 Å². The molecule has 0 spiro atoms. The van der Waals surface area contributed by atoms with Crippen molar-refractivity contribution in [3.63, 3.8) is 0 Å². The summed E-state index contributed by atoms with van der Waals surface area (Å²) in [6, 6.07) is 8.19. The zero-order chi connectivity index (χ0) is 12.7. The predicted octanol–water partition coefficient (Wildman–Crippen LogP) is 1.02. The van der Waals surface area contributed by atoms with Gasteiger partial charge in [0.1, 0.15) is 19.0 Å². The van der Waals surface area contributed by atoms with Crippen molar-refractivity contribution in [3.8, 4) is 5.75 Å². The molecule has 0 radical (unpaired) electrons. The molecule has 0 saturated heterocycles. The van der Waals surface area contributed by atoms with Crippen LogP contribution in [0.2, 0.25) is 0 Å². The van der Waals surface area contributed by atoms with Crippen LogP contribution >= 0.6 is 0 Å². The van der Waals surface area contributed by atoms with E-state index < -0.39 is 23.2 Å². The highest BCUT2D eigenvalue weighted by Crippen LogP contribution is 2.08. The fraction of sp³-hybridized carbons (Fsp3) is 0.222. The lowest BCUT2D eigenvalue weighted by atomic mass is 10.3. The van der Waals surface area contributed by atoms with Gasteiger partial charge in [0, 0.05) is 0 Å². The minimum Gasteiger partial charge on any atom is -0.431 e. The maximum Gasteiger partial charge on any atom is 0.513 e. The summed E-state index contributed by atoms with van der Waals surface area (Å²) in [7, 11) is -4.51. The van der Waals surface area contributed by atoms with E-state index in [2.05, 4.69) is 8.92 Å². The normalized spacial score (nSPS) is 10.9. The molecule has 0 saturated carbocycles. The number of ether oxygens (including phenoxy) is 2. The smallest absolute Gasteiger partial charge is 0.431 e. The van der Waals surface area contributed by atoms with Crippen molar-refractivity contribution in [1.82, 2.24) is 0 Å². The molecule has 0 bridgehead atoms. The van der Waals surface area contributed by atoms with E-state index in [1.54, 1.807) is 30.3 Å². The van der Waals surface area contributed by atoms with Crippen LogP contribution in [0.4, 0.5) is 4.79 Å². The molecule has 0 aliphatic heterocycles. The van der Waals surface area contributed by atoms with E-state index in [4.69, 9.17) is 9.29 Å². The van der Waals surface area contributed by atoms with Crippen LogP contribution in [-0.2, 0) is 19.3 Å². The second kappa shape index (κ2) is 6.18. The zero-order valence-corrected chi connectivity index (χ0v) is 9.42. The molecule has 0 aliphatic carbocycles. The Morgan fingerprint density at radius 1 is 1.18 bits per heavy atom. The average Bonchev–Trinajstić information content (AvgIpc) is 2.25. The lowest BCUT2D eigenvalue weighted by molar-refractivity contribution is 0.0833. The van der Waals surface area contributed by atoms with Crippen LogP contribution in [0.3, 0.4) is 0 Å². The van der Waals surface area contributed by atoms with E-state index >= 15 is 0 Å². The van der Waals surface area contributed by atoms with Crippen molar-refractivity contribution in [3.05, 3.63) is 30.3 Å². The van der Waals surface area contributed by atoms with Crippen molar-refractivity contribution in [2.75, 3.05) is 13.2 Å². The van der Waals surface area contributed by atoms with Crippen LogP contribution in [0, 0.1) is 0 Å². The lowest BCUT2D eigenvalue weighted by Crippen LogP contribution is -2.16. The standard InChI is InChI=1S/C9H10O7S/c10-9(14-6-7-15-17(11,12)13)16-8-4-2-1-3-5-8/h1-5H,6-7H2,(H,11,12,13). The first-order valence-corrected chi connectivity index (χ1v) is 5.85. The van der Waals surface area contributed by atoms with Gasteiger partial charge in [0.15, 0.2) is 0 Å². The molecule has 0 aliphatic rings. The van der Waals surface area contributed by atoms with Crippen LogP contribution in [0.15, 0.2) is 30.3 Å². The number of carbonyl (C=O) groups excluding carboxylic acids is 1. The fourth-order valence-electron chi connectivity index (χ4n) is 0.879. The van der Waals surface area contributed by atoms with Crippen molar-refractivity contribution >= 4 is 16.6 Å². The number of benzene rings is 1. The van der Waals surface area contributed by atoms with E-state index in [0.29, 0.717) is 5.75 Å². The second-order valence-electron chi connectivity index (χ2n) is 2.76. The Bertz CT molecular complexity index is 453. The number of rotatable bonds is 5. The van der Waals surface area contributed by atoms with Crippen LogP contribution in [0.1, 0.15) is 0 Å². The molecule has 1 aromatic rings. The Morgan fingerprint density at radius 2 is 1.82 bits per heavy atom. The van der Waals surface area contributed by atoms with Crippen molar-refractivity contribution in [1.29, 1.82) is 0 Å². The maximum atomic E-state index is 11.0. The molecular formula is C9H10O7S. The van der Waals surface area contributed by atoms with Crippen molar-refractivity contribution < 1.29 is 31.4 Å². The molecule has 0 atom stereocenters. The second-order valence-corrected chi connectivity index (χ2v) is 3.85. The van der Waals surface area contributed by atoms with Gasteiger partial charge in [-0.05, 0) is 12.1 Å². The largest absolute Gasteiger partial charge is 0.513 e. The summed E-state index contributed by atoms with van der Waals surface area (Å²) in [5.41, 5.74) is 0. The Morgan fingerprint density at radius 3 is 2.41 bits per heavy atom. The first kappa shape index (κ1) is 13.4. The Balaban J connectivity index is 2.23. The van der Waals surface area contributed by atoms with Gasteiger partial charge in [-0.1, -0.05) is 18.2 Å². The maximum absolute atomic E-state index is 11.0. The van der Waals surface area contributed by atoms with Crippen LogP contribution in [0.5, 0.6) is 5.75 Å². The summed E-state index contributed by atoms with van der Waals surface area (Å²) < 4.78 is 41.6. The van der Waals surface area contributed by atoms with E-state index in [0.717, 1.165) is 0 Å². The SMILES string of the molecule is O=C(OCCOS(=O)(=O)O)Oc1ccccc1. The Hall–Kier alpha value is -1.64. The number of carbonyl (C=O) groups is 1. The van der Waals surface area contributed by atoms with E-state index in [1.165, 1.54) is 0 Å². The first-order chi connectivity index (χ1) is 7.97. The highest BCUT2D eigenvalue weighted by molar-refractivity contribution is 7.80. The molecule has 1 aromatic carbocycles. The van der Waals surface area contributed by atoms with Gasteiger partial charge in [-0.15, -0.1) is 0 Å². The average molecular weight is 262 g/mol. The van der Waals surface area contributed by atoms with Gasteiger partial charge < -0.3 is 9.47 Å². The Labute approximate surface area is 97.9 Å². The summed E-state index contributed by atoms with van der Waals surface area (Å²) in [4.78, 5) is 11.0. The summed E-state index contributed by atoms with van der Waals surface area (Å²) in [5.74, 6) is 0.299. The highest BCUT2D eigenvalue weighted by Gasteiger charge is 2.07. The molecule has 8 heteroatoms. The van der Waals surface area contributed by atoms with Gasteiger partial charge in [-0.25, -0.2) is 8.98 Å². The predicted molar refractivity (Wildman–Crippen MR) is 55.9 cm³/mol. The molecular weight excluding hydrogens is 252 g/mol. The van der Waals surface area contributed by atoms with Crippen molar-refractivity contribution in [2.24, 2.45) is 0 Å². The topological polar surface area (TPSA) is 99.1 Å².